The summed E-state index contributed by atoms with van der Waals surface area (Å²) in [4.78, 5) is 11.6. The van der Waals surface area contributed by atoms with Crippen molar-refractivity contribution >= 4 is 5.78 Å². The molecule has 4 heteroatoms. The molecule has 1 aromatic heterocycles. The van der Waals surface area contributed by atoms with Crippen molar-refractivity contribution in [2.45, 2.75) is 26.1 Å². The van der Waals surface area contributed by atoms with Crippen molar-refractivity contribution in [2.75, 3.05) is 7.11 Å². The number of para-hydroxylation sites is 1. The molecule has 0 N–H and O–H groups in total. The number of ketones is 1. The minimum Gasteiger partial charge on any atom is -0.460 e. The molecule has 0 amide bonds. The van der Waals surface area contributed by atoms with Gasteiger partial charge >= 0.3 is 0 Å². The van der Waals surface area contributed by atoms with Crippen LogP contribution in [0.2, 0.25) is 0 Å². The Hall–Kier alpha value is -2.85. The van der Waals surface area contributed by atoms with E-state index in [2.05, 4.69) is 0 Å². The molecule has 0 radical (unpaired) electrons. The van der Waals surface area contributed by atoms with E-state index >= 15 is 0 Å². The van der Waals surface area contributed by atoms with Gasteiger partial charge in [-0.05, 0) is 25.5 Å². The fourth-order valence-electron chi connectivity index (χ4n) is 3.40. The first kappa shape index (κ1) is 16.6. The van der Waals surface area contributed by atoms with Crippen LogP contribution in [0.4, 0.5) is 0 Å². The van der Waals surface area contributed by atoms with E-state index in [-0.39, 0.29) is 5.78 Å². The van der Waals surface area contributed by atoms with Crippen LogP contribution >= 0.6 is 0 Å². The third-order valence-electron chi connectivity index (χ3n) is 4.63. The smallest absolute Gasteiger partial charge is 0.230 e. The zero-order valence-electron chi connectivity index (χ0n) is 14.8. The Kier molecular flexibility index (Phi) is 4.35. The highest BCUT2D eigenvalue weighted by molar-refractivity contribution is 5.79. The summed E-state index contributed by atoms with van der Waals surface area (Å²) in [6, 6.07) is 17.7. The number of hydrogen-bond acceptors (Lipinski definition) is 4. The molecule has 0 bridgehead atoms. The van der Waals surface area contributed by atoms with Gasteiger partial charge in [-0.2, -0.15) is 0 Å². The number of benzene rings is 2. The molecule has 4 nitrogen and oxygen atoms in total. The van der Waals surface area contributed by atoms with Crippen LogP contribution in [0.1, 0.15) is 30.8 Å². The zero-order valence-corrected chi connectivity index (χ0v) is 14.8. The second-order valence-corrected chi connectivity index (χ2v) is 6.40. The summed E-state index contributed by atoms with van der Waals surface area (Å²) in [5.74, 6) is 2.42. The zero-order chi connectivity index (χ0) is 18.1. The van der Waals surface area contributed by atoms with Crippen molar-refractivity contribution in [1.29, 1.82) is 0 Å². The largest absolute Gasteiger partial charge is 0.460 e. The fourth-order valence-corrected chi connectivity index (χ4v) is 3.40. The second-order valence-electron chi connectivity index (χ2n) is 6.40. The minimum atomic E-state index is -0.553. The fraction of sp³-hybridized carbons (Fsp3) is 0.227. The Balaban J connectivity index is 1.94. The molecule has 4 rings (SSSR count). The van der Waals surface area contributed by atoms with Gasteiger partial charge < -0.3 is 18.7 Å². The number of rotatable bonds is 5. The van der Waals surface area contributed by atoms with E-state index in [1.54, 1.807) is 14.0 Å². The summed E-state index contributed by atoms with van der Waals surface area (Å²) in [5.41, 5.74) is 3.74. The first-order valence-electron chi connectivity index (χ1n) is 8.68. The second kappa shape index (κ2) is 6.81. The molecule has 0 aliphatic carbocycles. The van der Waals surface area contributed by atoms with Crippen LogP contribution in [0.3, 0.4) is 0 Å². The van der Waals surface area contributed by atoms with E-state index in [0.29, 0.717) is 12.8 Å². The Morgan fingerprint density at radius 3 is 2.50 bits per heavy atom. The first-order valence-corrected chi connectivity index (χ1v) is 8.68. The van der Waals surface area contributed by atoms with E-state index < -0.39 is 6.29 Å². The van der Waals surface area contributed by atoms with Crippen LogP contribution in [-0.4, -0.2) is 12.9 Å². The highest BCUT2D eigenvalue weighted by Crippen LogP contribution is 2.48. The molecule has 1 unspecified atom stereocenters. The maximum absolute atomic E-state index is 11.6. The molecule has 1 atom stereocenters. The number of ether oxygens (including phenoxy) is 2. The van der Waals surface area contributed by atoms with Crippen molar-refractivity contribution in [1.82, 2.24) is 0 Å². The highest BCUT2D eigenvalue weighted by atomic mass is 16.7. The predicted octanol–water partition coefficient (Wildman–Crippen LogP) is 5.17. The molecule has 2 aromatic carbocycles. The van der Waals surface area contributed by atoms with E-state index in [4.69, 9.17) is 13.9 Å². The molecule has 26 heavy (non-hydrogen) atoms. The van der Waals surface area contributed by atoms with Gasteiger partial charge in [0.1, 0.15) is 23.1 Å². The van der Waals surface area contributed by atoms with E-state index in [0.717, 1.165) is 39.5 Å². The molecule has 2 heterocycles. The van der Waals surface area contributed by atoms with Crippen LogP contribution < -0.4 is 4.74 Å². The quantitative estimate of drug-likeness (QED) is 0.638. The molecule has 132 valence electrons. The van der Waals surface area contributed by atoms with Crippen molar-refractivity contribution in [3.05, 3.63) is 65.7 Å². The number of hydrogen-bond donors (Lipinski definition) is 0. The van der Waals surface area contributed by atoms with E-state index in [1.807, 2.05) is 54.6 Å². The Bertz CT molecular complexity index is 940. The van der Waals surface area contributed by atoms with Gasteiger partial charge in [0.2, 0.25) is 6.29 Å². The van der Waals surface area contributed by atoms with Gasteiger partial charge in [-0.15, -0.1) is 0 Å². The average Bonchev–Trinajstić information content (AvgIpc) is 3.06. The van der Waals surface area contributed by atoms with Gasteiger partial charge in [0.15, 0.2) is 0 Å². The predicted molar refractivity (Wildman–Crippen MR) is 99.0 cm³/mol. The molecular formula is C22H20O4. The molecule has 1 aliphatic heterocycles. The summed E-state index contributed by atoms with van der Waals surface area (Å²) in [6.45, 7) is 1.61. The molecule has 0 spiro atoms. The van der Waals surface area contributed by atoms with Gasteiger partial charge in [0, 0.05) is 24.7 Å². The van der Waals surface area contributed by atoms with Gasteiger partial charge in [-0.25, -0.2) is 0 Å². The Labute approximate surface area is 152 Å². The maximum atomic E-state index is 11.6. The number of carbonyl (C=O) groups excluding carboxylic acids is 1. The Morgan fingerprint density at radius 2 is 1.77 bits per heavy atom. The molecule has 0 fully saturated rings. The lowest BCUT2D eigenvalue weighted by molar-refractivity contribution is -0.117. The summed E-state index contributed by atoms with van der Waals surface area (Å²) >= 11 is 0. The van der Waals surface area contributed by atoms with Gasteiger partial charge in [-0.3, -0.25) is 0 Å². The van der Waals surface area contributed by atoms with Crippen molar-refractivity contribution < 1.29 is 18.7 Å². The van der Waals surface area contributed by atoms with E-state index in [9.17, 15) is 4.79 Å². The third-order valence-corrected chi connectivity index (χ3v) is 4.63. The summed E-state index contributed by atoms with van der Waals surface area (Å²) in [5, 5.41) is 0. The monoisotopic (exact) mass is 348 g/mol. The summed E-state index contributed by atoms with van der Waals surface area (Å²) < 4.78 is 18.0. The lowest BCUT2D eigenvalue weighted by Gasteiger charge is -2.25. The van der Waals surface area contributed by atoms with Crippen molar-refractivity contribution in [3.63, 3.8) is 0 Å². The van der Waals surface area contributed by atoms with Crippen LogP contribution in [0.25, 0.3) is 22.6 Å². The number of carbonyl (C=O) groups is 1. The lowest BCUT2D eigenvalue weighted by Crippen LogP contribution is -2.16. The molecule has 0 saturated carbocycles. The average molecular weight is 348 g/mol. The first-order chi connectivity index (χ1) is 12.7. The molecular weight excluding hydrogens is 328 g/mol. The Morgan fingerprint density at radius 1 is 1.04 bits per heavy atom. The van der Waals surface area contributed by atoms with Gasteiger partial charge in [0.05, 0.1) is 11.1 Å². The van der Waals surface area contributed by atoms with Gasteiger partial charge in [0.25, 0.3) is 0 Å². The highest BCUT2D eigenvalue weighted by Gasteiger charge is 2.34. The molecule has 1 aliphatic rings. The number of methoxy groups -OCH3 is 1. The minimum absolute atomic E-state index is 0.144. The number of fused-ring (bicyclic) bond motifs is 3. The van der Waals surface area contributed by atoms with Crippen molar-refractivity contribution in [3.8, 4) is 28.4 Å². The lowest BCUT2D eigenvalue weighted by atomic mass is 9.95. The number of Topliss-reactive ketones (excluding diaryl/α,β-unsaturated/α-hetero) is 1. The summed E-state index contributed by atoms with van der Waals surface area (Å²) in [6.07, 6.45) is 0.483. The molecule has 3 aromatic rings. The van der Waals surface area contributed by atoms with Crippen LogP contribution in [-0.2, 0) is 16.0 Å². The van der Waals surface area contributed by atoms with E-state index in [1.165, 1.54) is 0 Å². The van der Waals surface area contributed by atoms with Gasteiger partial charge in [-0.1, -0.05) is 42.5 Å². The maximum Gasteiger partial charge on any atom is 0.230 e. The topological polar surface area (TPSA) is 48.7 Å². The SMILES string of the molecule is COC1Oc2ccccc2-c2oc(-c3ccccc3)c(CCC(C)=O)c21. The van der Waals surface area contributed by atoms with Crippen LogP contribution in [0.15, 0.2) is 59.0 Å². The molecule has 0 saturated heterocycles. The summed E-state index contributed by atoms with van der Waals surface area (Å²) in [7, 11) is 1.62. The van der Waals surface area contributed by atoms with Crippen molar-refractivity contribution in [2.24, 2.45) is 0 Å². The normalized spacial score (nSPS) is 15.1. The third kappa shape index (κ3) is 2.82. The standard InChI is InChI=1S/C22H20O4/c1-14(23)12-13-17-19-21(26-20(17)15-8-4-3-5-9-15)16-10-6-7-11-18(16)25-22(19)24-2/h3-11,22H,12-13H2,1-2H3. The van der Waals surface area contributed by atoms with Crippen LogP contribution in [0.5, 0.6) is 5.75 Å². The van der Waals surface area contributed by atoms with Crippen LogP contribution in [0, 0.1) is 0 Å². The number of furan rings is 1.